The zero-order valence-corrected chi connectivity index (χ0v) is 19.4. The molecular formula is C20H26ClN3O4S2. The smallest absolute Gasteiger partial charge is 0.252 e. The average Bonchev–Trinajstić information content (AvgIpc) is 3.17. The summed E-state index contributed by atoms with van der Waals surface area (Å²) in [5, 5.41) is 2.90. The molecule has 0 bridgehead atoms. The lowest BCUT2D eigenvalue weighted by Crippen LogP contribution is -2.45. The zero-order chi connectivity index (χ0) is 21.7. The van der Waals surface area contributed by atoms with Crippen LogP contribution in [0, 0.1) is 6.92 Å². The molecule has 2 heterocycles. The van der Waals surface area contributed by atoms with Gasteiger partial charge in [0.1, 0.15) is 4.21 Å². The van der Waals surface area contributed by atoms with Gasteiger partial charge in [-0.1, -0.05) is 41.4 Å². The van der Waals surface area contributed by atoms with Crippen LogP contribution in [0.4, 0.5) is 0 Å². The van der Waals surface area contributed by atoms with Crippen LogP contribution in [-0.4, -0.2) is 70.0 Å². The van der Waals surface area contributed by atoms with Gasteiger partial charge >= 0.3 is 0 Å². The summed E-state index contributed by atoms with van der Waals surface area (Å²) in [6.07, 6.45) is 0. The van der Waals surface area contributed by atoms with Crippen LogP contribution in [-0.2, 0) is 19.6 Å². The van der Waals surface area contributed by atoms with Crippen molar-refractivity contribution in [3.63, 3.8) is 0 Å². The lowest BCUT2D eigenvalue weighted by molar-refractivity contribution is -0.121. The molecule has 1 N–H and O–H groups in total. The van der Waals surface area contributed by atoms with Crippen molar-refractivity contribution >= 4 is 38.9 Å². The first-order valence-corrected chi connectivity index (χ1v) is 12.3. The number of hydrogen-bond acceptors (Lipinski definition) is 6. The first-order valence-electron chi connectivity index (χ1n) is 9.64. The number of nitrogens with zero attached hydrogens (tertiary/aromatic N) is 2. The van der Waals surface area contributed by atoms with Crippen molar-refractivity contribution in [2.24, 2.45) is 0 Å². The zero-order valence-electron chi connectivity index (χ0n) is 17.0. The van der Waals surface area contributed by atoms with E-state index < -0.39 is 10.0 Å². The lowest BCUT2D eigenvalue weighted by Gasteiger charge is -2.35. The Bertz CT molecular complexity index is 957. The molecule has 1 unspecified atom stereocenters. The fourth-order valence-electron chi connectivity index (χ4n) is 3.28. The standard InChI is InChI=1S/C20H26ClN3O4S2/c1-15-3-5-16(6-4-15)17(24-9-11-28-12-10-24)13-22-19(25)14-23(2)30(26,27)20-8-7-18(21)29-20/h3-8,17H,9-14H2,1-2H3,(H,22,25). The van der Waals surface area contributed by atoms with Crippen molar-refractivity contribution in [3.8, 4) is 0 Å². The molecule has 1 aliphatic rings. The molecule has 0 aliphatic carbocycles. The molecule has 0 radical (unpaired) electrons. The maximum atomic E-state index is 12.6. The number of morpholine rings is 1. The van der Waals surface area contributed by atoms with E-state index in [1.807, 2.05) is 6.92 Å². The molecule has 1 amide bonds. The number of sulfonamides is 1. The molecule has 1 fully saturated rings. The molecule has 1 atom stereocenters. The molecule has 0 saturated carbocycles. The highest BCUT2D eigenvalue weighted by Crippen LogP contribution is 2.27. The summed E-state index contributed by atoms with van der Waals surface area (Å²) in [7, 11) is -2.36. The second-order valence-corrected chi connectivity index (χ2v) is 11.2. The number of halogens is 1. The maximum Gasteiger partial charge on any atom is 0.252 e. The number of nitrogens with one attached hydrogen (secondary N) is 1. The molecule has 0 spiro atoms. The normalized spacial score (nSPS) is 16.5. The molecule has 30 heavy (non-hydrogen) atoms. The molecule has 7 nitrogen and oxygen atoms in total. The Balaban J connectivity index is 1.64. The Morgan fingerprint density at radius 2 is 1.90 bits per heavy atom. The molecule has 1 saturated heterocycles. The summed E-state index contributed by atoms with van der Waals surface area (Å²) in [4.78, 5) is 14.8. The van der Waals surface area contributed by atoms with E-state index in [-0.39, 0.29) is 22.7 Å². The largest absolute Gasteiger partial charge is 0.379 e. The number of likely N-dealkylation sites (N-methyl/N-ethyl adjacent to an activating group) is 1. The number of benzene rings is 1. The van der Waals surface area contributed by atoms with Gasteiger partial charge in [0, 0.05) is 26.7 Å². The van der Waals surface area contributed by atoms with Crippen molar-refractivity contribution in [2.45, 2.75) is 17.2 Å². The van der Waals surface area contributed by atoms with Gasteiger partial charge in [-0.05, 0) is 24.6 Å². The van der Waals surface area contributed by atoms with E-state index in [1.165, 1.54) is 24.7 Å². The maximum absolute atomic E-state index is 12.6. The van der Waals surface area contributed by atoms with Crippen molar-refractivity contribution in [2.75, 3.05) is 46.4 Å². The second kappa shape index (κ2) is 10.2. The van der Waals surface area contributed by atoms with Crippen molar-refractivity contribution in [3.05, 3.63) is 51.9 Å². The summed E-state index contributed by atoms with van der Waals surface area (Å²) >= 11 is 6.82. The van der Waals surface area contributed by atoms with Crippen LogP contribution in [0.15, 0.2) is 40.6 Å². The molecule has 3 rings (SSSR count). The van der Waals surface area contributed by atoms with Crippen LogP contribution in [0.5, 0.6) is 0 Å². The number of amides is 1. The van der Waals surface area contributed by atoms with Crippen LogP contribution in [0.3, 0.4) is 0 Å². The van der Waals surface area contributed by atoms with E-state index in [0.29, 0.717) is 24.1 Å². The van der Waals surface area contributed by atoms with Gasteiger partial charge < -0.3 is 10.1 Å². The molecule has 2 aromatic rings. The highest BCUT2D eigenvalue weighted by atomic mass is 35.5. The van der Waals surface area contributed by atoms with Crippen LogP contribution < -0.4 is 5.32 Å². The molecule has 10 heteroatoms. The van der Waals surface area contributed by atoms with Gasteiger partial charge in [-0.15, -0.1) is 11.3 Å². The SMILES string of the molecule is Cc1ccc(C(CNC(=O)CN(C)S(=O)(=O)c2ccc(Cl)s2)N2CCOCC2)cc1. The predicted molar refractivity (Wildman–Crippen MR) is 118 cm³/mol. The van der Waals surface area contributed by atoms with Gasteiger partial charge in [0.05, 0.1) is 30.1 Å². The topological polar surface area (TPSA) is 79.0 Å². The molecule has 1 aromatic heterocycles. The second-order valence-electron chi connectivity index (χ2n) is 7.20. The van der Waals surface area contributed by atoms with Gasteiger partial charge in [0.2, 0.25) is 5.91 Å². The van der Waals surface area contributed by atoms with Gasteiger partial charge in [-0.2, -0.15) is 4.31 Å². The molecular weight excluding hydrogens is 446 g/mol. The Morgan fingerprint density at radius 3 is 2.50 bits per heavy atom. The fourth-order valence-corrected chi connectivity index (χ4v) is 6.10. The third-order valence-corrected chi connectivity index (χ3v) is 8.52. The van der Waals surface area contributed by atoms with Crippen LogP contribution in [0.1, 0.15) is 17.2 Å². The van der Waals surface area contributed by atoms with Crippen LogP contribution >= 0.6 is 22.9 Å². The summed E-state index contributed by atoms with van der Waals surface area (Å²) < 4.78 is 32.2. The Morgan fingerprint density at radius 1 is 1.23 bits per heavy atom. The highest BCUT2D eigenvalue weighted by Gasteiger charge is 2.26. The van der Waals surface area contributed by atoms with E-state index in [0.717, 1.165) is 34.3 Å². The quantitative estimate of drug-likeness (QED) is 0.640. The highest BCUT2D eigenvalue weighted by molar-refractivity contribution is 7.91. The van der Waals surface area contributed by atoms with E-state index in [9.17, 15) is 13.2 Å². The Labute approximate surface area is 186 Å². The first-order chi connectivity index (χ1) is 14.3. The number of thiophene rings is 1. The predicted octanol–water partition coefficient (Wildman–Crippen LogP) is 2.52. The van der Waals surface area contributed by atoms with E-state index in [2.05, 4.69) is 34.5 Å². The third kappa shape index (κ3) is 5.81. The van der Waals surface area contributed by atoms with E-state index >= 15 is 0 Å². The first kappa shape index (κ1) is 23.2. The number of rotatable bonds is 8. The van der Waals surface area contributed by atoms with Crippen molar-refractivity contribution in [1.29, 1.82) is 0 Å². The third-order valence-electron chi connectivity index (χ3n) is 5.02. The van der Waals surface area contributed by atoms with Crippen LogP contribution in [0.25, 0.3) is 0 Å². The number of hydrogen-bond donors (Lipinski definition) is 1. The minimum atomic E-state index is -3.75. The minimum absolute atomic E-state index is 0.00327. The van der Waals surface area contributed by atoms with Gasteiger partial charge in [-0.3, -0.25) is 9.69 Å². The Kier molecular flexibility index (Phi) is 7.89. The number of carbonyl (C=O) groups excluding carboxylic acids is 1. The fraction of sp³-hybridized carbons (Fsp3) is 0.450. The average molecular weight is 472 g/mol. The Hall–Kier alpha value is -1.49. The lowest BCUT2D eigenvalue weighted by atomic mass is 10.0. The number of ether oxygens (including phenoxy) is 1. The molecule has 1 aliphatic heterocycles. The summed E-state index contributed by atoms with van der Waals surface area (Å²) in [5.41, 5.74) is 2.28. The summed E-state index contributed by atoms with van der Waals surface area (Å²) in [6, 6.07) is 11.2. The van der Waals surface area contributed by atoms with Gasteiger partial charge in [0.15, 0.2) is 0 Å². The van der Waals surface area contributed by atoms with Crippen molar-refractivity contribution in [1.82, 2.24) is 14.5 Å². The summed E-state index contributed by atoms with van der Waals surface area (Å²) in [6.45, 7) is 5.03. The summed E-state index contributed by atoms with van der Waals surface area (Å²) in [5.74, 6) is -0.353. The number of carbonyl (C=O) groups is 1. The van der Waals surface area contributed by atoms with E-state index in [1.54, 1.807) is 0 Å². The van der Waals surface area contributed by atoms with Crippen LogP contribution in [0.2, 0.25) is 4.34 Å². The number of aryl methyl sites for hydroxylation is 1. The molecule has 1 aromatic carbocycles. The van der Waals surface area contributed by atoms with Gasteiger partial charge in [-0.25, -0.2) is 8.42 Å². The van der Waals surface area contributed by atoms with E-state index in [4.69, 9.17) is 16.3 Å². The monoisotopic (exact) mass is 471 g/mol. The van der Waals surface area contributed by atoms with Gasteiger partial charge in [0.25, 0.3) is 10.0 Å². The minimum Gasteiger partial charge on any atom is -0.379 e. The molecule has 164 valence electrons. The van der Waals surface area contributed by atoms with Crippen molar-refractivity contribution < 1.29 is 17.9 Å².